The van der Waals surface area contributed by atoms with Gasteiger partial charge in [-0.3, -0.25) is 19.8 Å². The van der Waals surface area contributed by atoms with Crippen LogP contribution in [0.25, 0.3) is 0 Å². The molecule has 4 rings (SSSR count). The minimum Gasteiger partial charge on any atom is -0.384 e. The highest BCUT2D eigenvalue weighted by Crippen LogP contribution is 2.47. The van der Waals surface area contributed by atoms with E-state index in [1.54, 1.807) is 28.8 Å². The van der Waals surface area contributed by atoms with Crippen LogP contribution >= 0.6 is 23.1 Å². The number of rotatable bonds is 5. The van der Waals surface area contributed by atoms with Crippen molar-refractivity contribution in [2.75, 3.05) is 10.7 Å². The second-order valence-corrected chi connectivity index (χ2v) is 9.42. The van der Waals surface area contributed by atoms with Crippen molar-refractivity contribution in [1.82, 2.24) is 10.2 Å². The zero-order valence-corrected chi connectivity index (χ0v) is 18.2. The Balaban J connectivity index is 1.88. The molecule has 0 spiro atoms. The maximum Gasteiger partial charge on any atom is 0.269 e. The van der Waals surface area contributed by atoms with E-state index in [9.17, 15) is 20.2 Å². The van der Waals surface area contributed by atoms with Gasteiger partial charge in [-0.25, -0.2) is 0 Å². The Morgan fingerprint density at radius 3 is 2.74 bits per heavy atom. The summed E-state index contributed by atoms with van der Waals surface area (Å²) in [7, 11) is 0. The number of Topliss-reactive ketones (excluding diaryl/α,β-unsaturated/α-hetero) is 1. The molecule has 0 amide bonds. The summed E-state index contributed by atoms with van der Waals surface area (Å²) in [6.07, 6.45) is 1.66. The van der Waals surface area contributed by atoms with Gasteiger partial charge in [0.15, 0.2) is 10.1 Å². The number of nitrogens with zero attached hydrogens (tertiary/aromatic N) is 5. The smallest absolute Gasteiger partial charge is 0.269 e. The van der Waals surface area contributed by atoms with Crippen molar-refractivity contribution in [3.05, 3.63) is 62.6 Å². The average Bonchev–Trinajstić information content (AvgIpc) is 3.21. The number of nitriles is 1. The first-order chi connectivity index (χ1) is 15.0. The normalized spacial score (nSPS) is 18.8. The zero-order valence-electron chi connectivity index (χ0n) is 16.6. The molecule has 1 aliphatic heterocycles. The van der Waals surface area contributed by atoms with Crippen molar-refractivity contribution in [3.8, 4) is 6.07 Å². The first-order valence-corrected chi connectivity index (χ1v) is 11.4. The molecule has 9 nitrogen and oxygen atoms in total. The van der Waals surface area contributed by atoms with Gasteiger partial charge in [0.05, 0.1) is 22.5 Å². The molecule has 0 saturated carbocycles. The minimum atomic E-state index is -0.665. The van der Waals surface area contributed by atoms with E-state index in [1.165, 1.54) is 23.5 Å². The van der Waals surface area contributed by atoms with Crippen LogP contribution in [0.2, 0.25) is 0 Å². The third-order valence-electron chi connectivity index (χ3n) is 5.21. The second-order valence-electron chi connectivity index (χ2n) is 6.95. The topological polar surface area (TPSA) is 139 Å². The van der Waals surface area contributed by atoms with Gasteiger partial charge in [0, 0.05) is 29.8 Å². The number of allylic oxidation sites excluding steroid dienone is 3. The molecule has 1 aliphatic carbocycles. The number of hydrogen-bond donors (Lipinski definition) is 1. The molecular formula is C20H18N6O3S2. The van der Waals surface area contributed by atoms with E-state index >= 15 is 0 Å². The minimum absolute atomic E-state index is 0.0532. The number of nitro benzene ring substituents is 1. The van der Waals surface area contributed by atoms with E-state index < -0.39 is 10.8 Å². The molecule has 2 heterocycles. The molecule has 0 radical (unpaired) electrons. The number of anilines is 1. The quantitative estimate of drug-likeness (QED) is 0.405. The number of non-ortho nitro benzene ring substituents is 1. The summed E-state index contributed by atoms with van der Waals surface area (Å²) in [6, 6.07) is 8.08. The number of ketones is 1. The van der Waals surface area contributed by atoms with Gasteiger partial charge < -0.3 is 5.73 Å². The molecule has 158 valence electrons. The van der Waals surface area contributed by atoms with Crippen LogP contribution in [0.3, 0.4) is 0 Å². The first kappa shape index (κ1) is 21.0. The molecule has 1 unspecified atom stereocenters. The van der Waals surface area contributed by atoms with Crippen LogP contribution in [0.15, 0.2) is 51.3 Å². The predicted octanol–water partition coefficient (Wildman–Crippen LogP) is 3.86. The lowest BCUT2D eigenvalue weighted by Crippen LogP contribution is -2.38. The summed E-state index contributed by atoms with van der Waals surface area (Å²) in [5.41, 5.74) is 8.48. The fraction of sp³-hybridized carbons (Fsp3) is 0.300. The zero-order chi connectivity index (χ0) is 22.1. The first-order valence-electron chi connectivity index (χ1n) is 9.63. The second kappa shape index (κ2) is 8.49. The van der Waals surface area contributed by atoms with E-state index in [-0.39, 0.29) is 22.9 Å². The van der Waals surface area contributed by atoms with Gasteiger partial charge in [-0.05, 0) is 24.2 Å². The summed E-state index contributed by atoms with van der Waals surface area (Å²) in [5, 5.41) is 30.0. The van der Waals surface area contributed by atoms with Crippen molar-refractivity contribution in [2.45, 2.75) is 36.4 Å². The van der Waals surface area contributed by atoms with Crippen LogP contribution in [0.4, 0.5) is 10.8 Å². The Hall–Kier alpha value is -3.23. The lowest BCUT2D eigenvalue weighted by Gasteiger charge is -2.38. The molecule has 11 heteroatoms. The number of carbonyl (C=O) groups excluding carboxylic acids is 1. The van der Waals surface area contributed by atoms with Crippen molar-refractivity contribution in [2.24, 2.45) is 5.73 Å². The van der Waals surface area contributed by atoms with Crippen molar-refractivity contribution in [3.63, 3.8) is 0 Å². The number of hydrogen-bond acceptors (Lipinski definition) is 10. The van der Waals surface area contributed by atoms with E-state index in [4.69, 9.17) is 5.73 Å². The van der Waals surface area contributed by atoms with Gasteiger partial charge in [0.1, 0.15) is 5.82 Å². The summed E-state index contributed by atoms with van der Waals surface area (Å²) >= 11 is 2.92. The molecular weight excluding hydrogens is 436 g/mol. The standard InChI is InChI=1S/C20H18N6O3S2/c1-2-30-20-24-23-19(31-20)25-14-4-3-5-15(27)17(14)16(13(10-21)18(25)22)11-6-8-12(9-7-11)26(28)29/h6-9,16H,2-5,22H2,1H3. The van der Waals surface area contributed by atoms with Crippen LogP contribution in [0.5, 0.6) is 0 Å². The molecule has 2 aromatic rings. The SMILES string of the molecule is CCSc1nnc(N2C(N)=C(C#N)C(c3ccc([N+](=O)[O-])cc3)C3=C2CCCC3=O)s1. The molecule has 2 N–H and O–H groups in total. The molecule has 1 aromatic heterocycles. The molecule has 0 fully saturated rings. The van der Waals surface area contributed by atoms with Crippen LogP contribution in [0.1, 0.15) is 37.7 Å². The number of thioether (sulfide) groups is 1. The Morgan fingerprint density at radius 1 is 1.35 bits per heavy atom. The summed E-state index contributed by atoms with van der Waals surface area (Å²) in [5.74, 6) is 0.339. The van der Waals surface area contributed by atoms with E-state index in [0.717, 1.165) is 15.8 Å². The van der Waals surface area contributed by atoms with E-state index in [2.05, 4.69) is 16.3 Å². The van der Waals surface area contributed by atoms with Gasteiger partial charge in [-0.15, -0.1) is 10.2 Å². The summed E-state index contributed by atoms with van der Waals surface area (Å²) in [6.45, 7) is 2.02. The summed E-state index contributed by atoms with van der Waals surface area (Å²) < 4.78 is 0.783. The predicted molar refractivity (Wildman–Crippen MR) is 117 cm³/mol. The lowest BCUT2D eigenvalue weighted by molar-refractivity contribution is -0.384. The van der Waals surface area contributed by atoms with Gasteiger partial charge in [0.25, 0.3) is 5.69 Å². The molecule has 2 aliphatic rings. The van der Waals surface area contributed by atoms with E-state index in [0.29, 0.717) is 35.5 Å². The van der Waals surface area contributed by atoms with Crippen LogP contribution < -0.4 is 10.6 Å². The maximum absolute atomic E-state index is 13.0. The highest BCUT2D eigenvalue weighted by molar-refractivity contribution is 8.01. The van der Waals surface area contributed by atoms with Gasteiger partial charge in [-0.2, -0.15) is 5.26 Å². The highest BCUT2D eigenvalue weighted by Gasteiger charge is 2.41. The van der Waals surface area contributed by atoms with Crippen molar-refractivity contribution >= 4 is 39.7 Å². The molecule has 1 aromatic carbocycles. The Bertz CT molecular complexity index is 1160. The highest BCUT2D eigenvalue weighted by atomic mass is 32.2. The summed E-state index contributed by atoms with van der Waals surface area (Å²) in [4.78, 5) is 25.3. The Kier molecular flexibility index (Phi) is 5.75. The van der Waals surface area contributed by atoms with Crippen LogP contribution in [0, 0.1) is 21.4 Å². The third-order valence-corrected chi connectivity index (χ3v) is 7.13. The number of benzene rings is 1. The largest absolute Gasteiger partial charge is 0.384 e. The molecule has 0 bridgehead atoms. The lowest BCUT2D eigenvalue weighted by atomic mass is 9.76. The number of nitrogens with two attached hydrogens (primary N) is 1. The fourth-order valence-corrected chi connectivity index (χ4v) is 5.68. The van der Waals surface area contributed by atoms with Gasteiger partial charge >= 0.3 is 0 Å². The van der Waals surface area contributed by atoms with Crippen LogP contribution in [-0.2, 0) is 4.79 Å². The fourth-order valence-electron chi connectivity index (χ4n) is 3.90. The molecule has 31 heavy (non-hydrogen) atoms. The van der Waals surface area contributed by atoms with Crippen molar-refractivity contribution in [1.29, 1.82) is 5.26 Å². The molecule has 0 saturated heterocycles. The van der Waals surface area contributed by atoms with E-state index in [1.807, 2.05) is 6.92 Å². The van der Waals surface area contributed by atoms with Crippen LogP contribution in [-0.4, -0.2) is 26.7 Å². The van der Waals surface area contributed by atoms with Gasteiger partial charge in [-0.1, -0.05) is 42.2 Å². The Morgan fingerprint density at radius 2 is 2.10 bits per heavy atom. The van der Waals surface area contributed by atoms with Crippen molar-refractivity contribution < 1.29 is 9.72 Å². The third kappa shape index (κ3) is 3.68. The molecule has 1 atom stereocenters. The monoisotopic (exact) mass is 454 g/mol. The number of nitro groups is 1. The average molecular weight is 455 g/mol. The number of aromatic nitrogens is 2. The maximum atomic E-state index is 13.0. The Labute approximate surface area is 186 Å². The number of carbonyl (C=O) groups is 1. The van der Waals surface area contributed by atoms with Gasteiger partial charge in [0.2, 0.25) is 5.13 Å².